The number of H-pyrrole nitrogens is 1. The highest BCUT2D eigenvalue weighted by Crippen LogP contribution is 2.23. The van der Waals surface area contributed by atoms with Crippen molar-refractivity contribution >= 4 is 0 Å². The van der Waals surface area contributed by atoms with E-state index in [1.807, 2.05) is 24.4 Å². The van der Waals surface area contributed by atoms with E-state index in [0.717, 1.165) is 23.4 Å². The zero-order valence-corrected chi connectivity index (χ0v) is 10.1. The lowest BCUT2D eigenvalue weighted by Crippen LogP contribution is -2.22. The number of nitrogens with one attached hydrogen (secondary N) is 2. The molecule has 1 aromatic carbocycles. The van der Waals surface area contributed by atoms with Gasteiger partial charge in [0.1, 0.15) is 5.82 Å². The molecule has 1 heterocycles. The molecule has 0 saturated heterocycles. The quantitative estimate of drug-likeness (QED) is 0.831. The third-order valence-electron chi connectivity index (χ3n) is 2.66. The van der Waals surface area contributed by atoms with Crippen molar-refractivity contribution in [3.05, 3.63) is 47.9 Å². The molecule has 0 aliphatic rings. The summed E-state index contributed by atoms with van der Waals surface area (Å²) in [6.07, 6.45) is 1.85. The molecular weight excluding hydrogens is 215 g/mol. The summed E-state index contributed by atoms with van der Waals surface area (Å²) < 4.78 is 13.3. The summed E-state index contributed by atoms with van der Waals surface area (Å²) in [5, 5.41) is 3.35. The van der Waals surface area contributed by atoms with Crippen LogP contribution in [0.5, 0.6) is 0 Å². The van der Waals surface area contributed by atoms with Crippen molar-refractivity contribution in [2.75, 3.05) is 0 Å². The van der Waals surface area contributed by atoms with Crippen LogP contribution in [0.4, 0.5) is 4.39 Å². The molecule has 0 aliphatic heterocycles. The lowest BCUT2D eigenvalue weighted by Gasteiger charge is -2.12. The van der Waals surface area contributed by atoms with Crippen LogP contribution in [0.15, 0.2) is 36.5 Å². The van der Waals surface area contributed by atoms with Crippen LogP contribution in [0.3, 0.4) is 0 Å². The van der Waals surface area contributed by atoms with Crippen molar-refractivity contribution in [2.45, 2.75) is 26.4 Å². The fraction of sp³-hybridized carbons (Fsp3) is 0.286. The lowest BCUT2D eigenvalue weighted by molar-refractivity contribution is 0.587. The second kappa shape index (κ2) is 5.15. The zero-order chi connectivity index (χ0) is 12.3. The van der Waals surface area contributed by atoms with Gasteiger partial charge in [-0.15, -0.1) is 0 Å². The van der Waals surface area contributed by atoms with Crippen LogP contribution in [0.25, 0.3) is 11.3 Å². The van der Waals surface area contributed by atoms with Gasteiger partial charge in [-0.2, -0.15) is 0 Å². The molecule has 0 spiro atoms. The predicted molar refractivity (Wildman–Crippen MR) is 68.2 cm³/mol. The second-order valence-electron chi connectivity index (χ2n) is 4.42. The van der Waals surface area contributed by atoms with Gasteiger partial charge in [-0.25, -0.2) is 4.39 Å². The molecule has 0 bridgehead atoms. The van der Waals surface area contributed by atoms with Gasteiger partial charge in [-0.05, 0) is 29.8 Å². The van der Waals surface area contributed by atoms with Crippen molar-refractivity contribution in [3.8, 4) is 11.3 Å². The van der Waals surface area contributed by atoms with Crippen molar-refractivity contribution in [1.29, 1.82) is 0 Å². The number of halogens is 1. The van der Waals surface area contributed by atoms with Crippen molar-refractivity contribution in [2.24, 2.45) is 0 Å². The van der Waals surface area contributed by atoms with Crippen LogP contribution in [-0.4, -0.2) is 11.0 Å². The topological polar surface area (TPSA) is 27.8 Å². The number of rotatable bonds is 4. The minimum absolute atomic E-state index is 0.206. The van der Waals surface area contributed by atoms with Crippen LogP contribution in [0.1, 0.15) is 19.4 Å². The first-order valence-electron chi connectivity index (χ1n) is 5.82. The molecule has 2 rings (SSSR count). The van der Waals surface area contributed by atoms with Crippen molar-refractivity contribution in [3.63, 3.8) is 0 Å². The fourth-order valence-electron chi connectivity index (χ4n) is 1.77. The molecular formula is C14H17FN2. The van der Waals surface area contributed by atoms with Crippen LogP contribution < -0.4 is 5.32 Å². The average molecular weight is 232 g/mol. The molecule has 2 N–H and O–H groups in total. The SMILES string of the molecule is CC(C)NCc1ccc(F)cc1-c1ccc[nH]1. The van der Waals surface area contributed by atoms with Gasteiger partial charge in [-0.1, -0.05) is 19.9 Å². The number of benzene rings is 1. The Morgan fingerprint density at radius 3 is 2.76 bits per heavy atom. The van der Waals surface area contributed by atoms with Gasteiger partial charge in [0.25, 0.3) is 0 Å². The summed E-state index contributed by atoms with van der Waals surface area (Å²) in [7, 11) is 0. The molecule has 0 atom stereocenters. The maximum atomic E-state index is 13.3. The number of aromatic nitrogens is 1. The van der Waals surface area contributed by atoms with E-state index >= 15 is 0 Å². The van der Waals surface area contributed by atoms with Crippen LogP contribution >= 0.6 is 0 Å². The number of hydrogen-bond donors (Lipinski definition) is 2. The Bertz CT molecular complexity index is 475. The number of aromatic amines is 1. The maximum absolute atomic E-state index is 13.3. The highest BCUT2D eigenvalue weighted by molar-refractivity contribution is 5.63. The van der Waals surface area contributed by atoms with Crippen LogP contribution in [0, 0.1) is 5.82 Å². The molecule has 2 aromatic rings. The minimum Gasteiger partial charge on any atom is -0.361 e. The van der Waals surface area contributed by atoms with Gasteiger partial charge in [0.15, 0.2) is 0 Å². The Hall–Kier alpha value is -1.61. The zero-order valence-electron chi connectivity index (χ0n) is 10.1. The van der Waals surface area contributed by atoms with E-state index in [4.69, 9.17) is 0 Å². The number of hydrogen-bond acceptors (Lipinski definition) is 1. The highest BCUT2D eigenvalue weighted by atomic mass is 19.1. The van der Waals surface area contributed by atoms with E-state index in [9.17, 15) is 4.39 Å². The second-order valence-corrected chi connectivity index (χ2v) is 4.42. The van der Waals surface area contributed by atoms with E-state index < -0.39 is 0 Å². The molecule has 3 heteroatoms. The lowest BCUT2D eigenvalue weighted by atomic mass is 10.0. The fourth-order valence-corrected chi connectivity index (χ4v) is 1.77. The minimum atomic E-state index is -0.206. The Morgan fingerprint density at radius 2 is 2.12 bits per heavy atom. The predicted octanol–water partition coefficient (Wildman–Crippen LogP) is 3.32. The first-order chi connectivity index (χ1) is 8.16. The van der Waals surface area contributed by atoms with Gasteiger partial charge in [0.2, 0.25) is 0 Å². The summed E-state index contributed by atoms with van der Waals surface area (Å²) in [6, 6.07) is 9.19. The Balaban J connectivity index is 2.31. The third-order valence-corrected chi connectivity index (χ3v) is 2.66. The average Bonchev–Trinajstić information content (AvgIpc) is 2.80. The van der Waals surface area contributed by atoms with E-state index in [2.05, 4.69) is 24.1 Å². The van der Waals surface area contributed by atoms with Gasteiger partial charge in [0, 0.05) is 30.0 Å². The summed E-state index contributed by atoms with van der Waals surface area (Å²) in [5.74, 6) is -0.206. The van der Waals surface area contributed by atoms with E-state index in [-0.39, 0.29) is 5.82 Å². The highest BCUT2D eigenvalue weighted by Gasteiger charge is 2.07. The summed E-state index contributed by atoms with van der Waals surface area (Å²) in [4.78, 5) is 3.11. The molecule has 0 fully saturated rings. The third kappa shape index (κ3) is 2.94. The maximum Gasteiger partial charge on any atom is 0.123 e. The molecule has 0 radical (unpaired) electrons. The molecule has 2 nitrogen and oxygen atoms in total. The molecule has 0 aliphatic carbocycles. The van der Waals surface area contributed by atoms with E-state index in [0.29, 0.717) is 6.04 Å². The van der Waals surface area contributed by atoms with Gasteiger partial charge in [0.05, 0.1) is 0 Å². The van der Waals surface area contributed by atoms with Crippen molar-refractivity contribution in [1.82, 2.24) is 10.3 Å². The molecule has 0 amide bonds. The first-order valence-corrected chi connectivity index (χ1v) is 5.82. The Morgan fingerprint density at radius 1 is 1.29 bits per heavy atom. The van der Waals surface area contributed by atoms with Crippen molar-refractivity contribution < 1.29 is 4.39 Å². The molecule has 0 saturated carbocycles. The van der Waals surface area contributed by atoms with Crippen LogP contribution in [-0.2, 0) is 6.54 Å². The van der Waals surface area contributed by atoms with E-state index in [1.165, 1.54) is 6.07 Å². The Labute approximate surface area is 101 Å². The van der Waals surface area contributed by atoms with Gasteiger partial charge < -0.3 is 10.3 Å². The smallest absolute Gasteiger partial charge is 0.123 e. The largest absolute Gasteiger partial charge is 0.361 e. The molecule has 17 heavy (non-hydrogen) atoms. The first kappa shape index (κ1) is 11.9. The molecule has 0 unspecified atom stereocenters. The Kier molecular flexibility index (Phi) is 3.59. The molecule has 1 aromatic heterocycles. The monoisotopic (exact) mass is 232 g/mol. The van der Waals surface area contributed by atoms with Gasteiger partial charge in [-0.3, -0.25) is 0 Å². The van der Waals surface area contributed by atoms with E-state index in [1.54, 1.807) is 6.07 Å². The molecule has 90 valence electrons. The summed E-state index contributed by atoms with van der Waals surface area (Å²) in [5.41, 5.74) is 2.97. The summed E-state index contributed by atoms with van der Waals surface area (Å²) in [6.45, 7) is 4.93. The standard InChI is InChI=1S/C14H17FN2/c1-10(2)17-9-11-5-6-12(15)8-13(11)14-4-3-7-16-14/h3-8,10,16-17H,9H2,1-2H3. The van der Waals surface area contributed by atoms with Gasteiger partial charge >= 0.3 is 0 Å². The van der Waals surface area contributed by atoms with Crippen LogP contribution in [0.2, 0.25) is 0 Å². The normalized spacial score (nSPS) is 11.1. The summed E-state index contributed by atoms with van der Waals surface area (Å²) >= 11 is 0.